The van der Waals surface area contributed by atoms with Gasteiger partial charge in [0.2, 0.25) is 5.75 Å². The van der Waals surface area contributed by atoms with Crippen LogP contribution in [-0.2, 0) is 0 Å². The molecule has 2 aromatic rings. The number of nitrogens with zero attached hydrogens (tertiary/aromatic N) is 1. The summed E-state index contributed by atoms with van der Waals surface area (Å²) in [7, 11) is 4.69. The van der Waals surface area contributed by atoms with Crippen LogP contribution < -0.4 is 14.2 Å². The Bertz CT molecular complexity index is 659. The lowest BCUT2D eigenvalue weighted by molar-refractivity contribution is 0.324. The summed E-state index contributed by atoms with van der Waals surface area (Å²) in [5, 5.41) is 13.2. The van der Waals surface area contributed by atoms with Gasteiger partial charge in [0.15, 0.2) is 11.5 Å². The van der Waals surface area contributed by atoms with E-state index in [0.29, 0.717) is 22.8 Å². The predicted octanol–water partition coefficient (Wildman–Crippen LogP) is 3.84. The van der Waals surface area contributed by atoms with E-state index in [4.69, 9.17) is 14.2 Å². The molecular weight excluding hydrogens is 286 g/mol. The maximum atomic E-state index is 9.31. The molecule has 2 rings (SSSR count). The van der Waals surface area contributed by atoms with E-state index in [1.807, 2.05) is 29.0 Å². The molecular formula is C16H15NO3S. The predicted molar refractivity (Wildman–Crippen MR) is 83.9 cm³/mol. The molecule has 5 heteroatoms. The molecule has 0 fully saturated rings. The average Bonchev–Trinajstić information content (AvgIpc) is 3.05. The summed E-state index contributed by atoms with van der Waals surface area (Å²) < 4.78 is 15.9. The highest BCUT2D eigenvalue weighted by atomic mass is 32.1. The molecule has 1 aromatic carbocycles. The summed E-state index contributed by atoms with van der Waals surface area (Å²) in [4.78, 5) is 0. The van der Waals surface area contributed by atoms with Crippen LogP contribution in [-0.4, -0.2) is 21.3 Å². The number of methoxy groups -OCH3 is 3. The van der Waals surface area contributed by atoms with Gasteiger partial charge in [0, 0.05) is 5.56 Å². The van der Waals surface area contributed by atoms with Crippen LogP contribution in [0.3, 0.4) is 0 Å². The summed E-state index contributed by atoms with van der Waals surface area (Å²) in [5.41, 5.74) is 2.30. The number of hydrogen-bond acceptors (Lipinski definition) is 5. The normalized spacial score (nSPS) is 10.9. The fourth-order valence-corrected chi connectivity index (χ4v) is 2.61. The Morgan fingerprint density at radius 1 is 1.14 bits per heavy atom. The third-order valence-electron chi connectivity index (χ3n) is 2.95. The van der Waals surface area contributed by atoms with Gasteiger partial charge in [-0.05, 0) is 40.6 Å². The summed E-state index contributed by atoms with van der Waals surface area (Å²) >= 11 is 1.55. The number of rotatable bonds is 5. The number of allylic oxidation sites excluding steroid dienone is 1. The Morgan fingerprint density at radius 3 is 2.24 bits per heavy atom. The molecule has 0 bridgehead atoms. The van der Waals surface area contributed by atoms with Gasteiger partial charge >= 0.3 is 0 Å². The SMILES string of the molecule is COc1cc(/C=C(\C#N)c2ccsc2)cc(OC)c1OC. The van der Waals surface area contributed by atoms with E-state index >= 15 is 0 Å². The lowest BCUT2D eigenvalue weighted by atomic mass is 10.1. The van der Waals surface area contributed by atoms with Crippen LogP contribution in [0.25, 0.3) is 11.6 Å². The minimum atomic E-state index is 0.534. The molecule has 0 unspecified atom stereocenters. The summed E-state index contributed by atoms with van der Waals surface area (Å²) in [6.07, 6.45) is 1.80. The quantitative estimate of drug-likeness (QED) is 0.787. The zero-order valence-electron chi connectivity index (χ0n) is 12.0. The van der Waals surface area contributed by atoms with E-state index in [1.54, 1.807) is 38.7 Å². The third kappa shape index (κ3) is 3.18. The van der Waals surface area contributed by atoms with Crippen molar-refractivity contribution in [2.75, 3.05) is 21.3 Å². The molecule has 0 aliphatic heterocycles. The summed E-state index contributed by atoms with van der Waals surface area (Å²) in [6, 6.07) is 7.75. The smallest absolute Gasteiger partial charge is 0.203 e. The van der Waals surface area contributed by atoms with Crippen molar-refractivity contribution in [3.63, 3.8) is 0 Å². The highest BCUT2D eigenvalue weighted by molar-refractivity contribution is 7.08. The van der Waals surface area contributed by atoms with Crippen LogP contribution in [0, 0.1) is 11.3 Å². The zero-order valence-corrected chi connectivity index (χ0v) is 12.9. The molecule has 0 atom stereocenters. The highest BCUT2D eigenvalue weighted by Gasteiger charge is 2.13. The third-order valence-corrected chi connectivity index (χ3v) is 3.63. The van der Waals surface area contributed by atoms with Crippen LogP contribution in [0.15, 0.2) is 29.0 Å². The number of thiophene rings is 1. The van der Waals surface area contributed by atoms with Gasteiger partial charge in [-0.2, -0.15) is 16.6 Å². The first-order valence-corrected chi connectivity index (χ1v) is 7.12. The van der Waals surface area contributed by atoms with Crippen LogP contribution in [0.1, 0.15) is 11.1 Å². The lowest BCUT2D eigenvalue weighted by Crippen LogP contribution is -1.95. The van der Waals surface area contributed by atoms with Crippen LogP contribution in [0.2, 0.25) is 0 Å². The van der Waals surface area contributed by atoms with E-state index in [-0.39, 0.29) is 0 Å². The minimum Gasteiger partial charge on any atom is -0.493 e. The second-order valence-electron chi connectivity index (χ2n) is 4.14. The van der Waals surface area contributed by atoms with E-state index in [2.05, 4.69) is 6.07 Å². The van der Waals surface area contributed by atoms with Gasteiger partial charge in [-0.15, -0.1) is 0 Å². The largest absolute Gasteiger partial charge is 0.493 e. The molecule has 0 aliphatic rings. The monoisotopic (exact) mass is 301 g/mol. The fraction of sp³-hybridized carbons (Fsp3) is 0.188. The van der Waals surface area contributed by atoms with Crippen molar-refractivity contribution in [2.24, 2.45) is 0 Å². The second kappa shape index (κ2) is 6.82. The molecule has 21 heavy (non-hydrogen) atoms. The number of benzene rings is 1. The van der Waals surface area contributed by atoms with E-state index in [1.165, 1.54) is 0 Å². The van der Waals surface area contributed by atoms with Gasteiger partial charge in [-0.25, -0.2) is 0 Å². The van der Waals surface area contributed by atoms with Crippen molar-refractivity contribution in [3.05, 3.63) is 40.1 Å². The summed E-state index contributed by atoms with van der Waals surface area (Å²) in [5.74, 6) is 1.66. The Hall–Kier alpha value is -2.45. The first-order valence-electron chi connectivity index (χ1n) is 6.17. The van der Waals surface area contributed by atoms with Crippen molar-refractivity contribution in [3.8, 4) is 23.3 Å². The highest BCUT2D eigenvalue weighted by Crippen LogP contribution is 2.39. The molecule has 108 valence electrons. The maximum absolute atomic E-state index is 9.31. The summed E-state index contributed by atoms with van der Waals surface area (Å²) in [6.45, 7) is 0. The Labute approximate surface area is 127 Å². The zero-order chi connectivity index (χ0) is 15.2. The molecule has 0 saturated carbocycles. The Kier molecular flexibility index (Phi) is 4.85. The second-order valence-corrected chi connectivity index (χ2v) is 4.92. The molecule has 4 nitrogen and oxygen atoms in total. The first-order chi connectivity index (χ1) is 10.2. The lowest BCUT2D eigenvalue weighted by Gasteiger charge is -2.13. The van der Waals surface area contributed by atoms with Gasteiger partial charge in [0.05, 0.1) is 33.0 Å². The van der Waals surface area contributed by atoms with Crippen molar-refractivity contribution in [1.29, 1.82) is 5.26 Å². The van der Waals surface area contributed by atoms with Crippen molar-refractivity contribution in [1.82, 2.24) is 0 Å². The number of hydrogen-bond donors (Lipinski definition) is 0. The van der Waals surface area contributed by atoms with E-state index in [0.717, 1.165) is 11.1 Å². The van der Waals surface area contributed by atoms with E-state index in [9.17, 15) is 5.26 Å². The van der Waals surface area contributed by atoms with Gasteiger partial charge in [-0.1, -0.05) is 0 Å². The van der Waals surface area contributed by atoms with Crippen LogP contribution in [0.5, 0.6) is 17.2 Å². The molecule has 0 radical (unpaired) electrons. The number of nitriles is 1. The van der Waals surface area contributed by atoms with Gasteiger partial charge in [-0.3, -0.25) is 0 Å². The van der Waals surface area contributed by atoms with E-state index < -0.39 is 0 Å². The Balaban J connectivity index is 2.52. The topological polar surface area (TPSA) is 51.5 Å². The van der Waals surface area contributed by atoms with Gasteiger partial charge in [0.1, 0.15) is 0 Å². The van der Waals surface area contributed by atoms with Crippen molar-refractivity contribution >= 4 is 23.0 Å². The molecule has 1 heterocycles. The molecule has 0 N–H and O–H groups in total. The van der Waals surface area contributed by atoms with Crippen LogP contribution in [0.4, 0.5) is 0 Å². The van der Waals surface area contributed by atoms with Crippen LogP contribution >= 0.6 is 11.3 Å². The fourth-order valence-electron chi connectivity index (χ4n) is 1.95. The van der Waals surface area contributed by atoms with Gasteiger partial charge < -0.3 is 14.2 Å². The first kappa shape index (κ1) is 14.9. The molecule has 0 saturated heterocycles. The number of ether oxygens (including phenoxy) is 3. The van der Waals surface area contributed by atoms with Crippen molar-refractivity contribution in [2.45, 2.75) is 0 Å². The average molecular weight is 301 g/mol. The van der Waals surface area contributed by atoms with Gasteiger partial charge in [0.25, 0.3) is 0 Å². The molecule has 0 spiro atoms. The minimum absolute atomic E-state index is 0.534. The van der Waals surface area contributed by atoms with Crippen molar-refractivity contribution < 1.29 is 14.2 Å². The molecule has 0 aliphatic carbocycles. The molecule has 0 amide bonds. The Morgan fingerprint density at radius 2 is 1.81 bits per heavy atom. The maximum Gasteiger partial charge on any atom is 0.203 e. The molecule has 1 aromatic heterocycles. The standard InChI is InChI=1S/C16H15NO3S/c1-18-14-7-11(8-15(19-2)16(14)20-3)6-13(9-17)12-4-5-21-10-12/h4-8,10H,1-3H3/b13-6+.